The minimum atomic E-state index is -0.0624. The Kier molecular flexibility index (Phi) is 7.88. The van der Waals surface area contributed by atoms with Crippen LogP contribution in [-0.4, -0.2) is 57.7 Å². The maximum atomic E-state index is 11.8. The molecule has 134 valence electrons. The van der Waals surface area contributed by atoms with Crippen LogP contribution in [0.5, 0.6) is 11.5 Å². The van der Waals surface area contributed by atoms with E-state index in [1.54, 1.807) is 28.3 Å². The number of nitrogens with zero attached hydrogens (tertiary/aromatic N) is 2. The van der Waals surface area contributed by atoms with Gasteiger partial charge < -0.3 is 25.0 Å². The quantitative estimate of drug-likeness (QED) is 0.588. The Morgan fingerprint density at radius 3 is 2.46 bits per heavy atom. The van der Waals surface area contributed by atoms with Crippen LogP contribution in [-0.2, 0) is 4.79 Å². The molecule has 1 rings (SSSR count). The number of guanidine groups is 1. The van der Waals surface area contributed by atoms with Crippen LogP contribution in [0.25, 0.3) is 0 Å². The fourth-order valence-electron chi connectivity index (χ4n) is 1.80. The number of carbonyl (C=O) groups excluding carboxylic acids is 1. The zero-order valence-electron chi connectivity index (χ0n) is 15.3. The molecule has 0 saturated heterocycles. The fourth-order valence-corrected chi connectivity index (χ4v) is 1.80. The summed E-state index contributed by atoms with van der Waals surface area (Å²) in [5.74, 6) is 1.76. The summed E-state index contributed by atoms with van der Waals surface area (Å²) in [4.78, 5) is 17.6. The van der Waals surface area contributed by atoms with Gasteiger partial charge in [0.05, 0.1) is 14.2 Å². The number of carbonyl (C=O) groups is 1. The van der Waals surface area contributed by atoms with Crippen molar-refractivity contribution in [3.63, 3.8) is 0 Å². The molecule has 0 saturated carbocycles. The lowest BCUT2D eigenvalue weighted by atomic mass is 10.2. The van der Waals surface area contributed by atoms with Gasteiger partial charge in [-0.25, -0.2) is 4.99 Å². The lowest BCUT2D eigenvalue weighted by Crippen LogP contribution is -2.38. The predicted molar refractivity (Wildman–Crippen MR) is 97.1 cm³/mol. The summed E-state index contributed by atoms with van der Waals surface area (Å²) in [5.41, 5.74) is 0.791. The van der Waals surface area contributed by atoms with E-state index >= 15 is 0 Å². The average Bonchev–Trinajstić information content (AvgIpc) is 2.58. The molecule has 0 heterocycles. The van der Waals surface area contributed by atoms with Gasteiger partial charge in [-0.15, -0.1) is 0 Å². The van der Waals surface area contributed by atoms with Crippen LogP contribution in [0.4, 0.5) is 5.69 Å². The molecule has 1 atom stereocenters. The van der Waals surface area contributed by atoms with Crippen LogP contribution in [0.3, 0.4) is 0 Å². The van der Waals surface area contributed by atoms with Crippen molar-refractivity contribution in [1.29, 1.82) is 0 Å². The van der Waals surface area contributed by atoms with Gasteiger partial charge in [0.2, 0.25) is 5.91 Å². The summed E-state index contributed by atoms with van der Waals surface area (Å²) in [5, 5.41) is 6.47. The predicted octanol–water partition coefficient (Wildman–Crippen LogP) is 1.95. The number of hydrogen-bond donors (Lipinski definition) is 2. The number of ether oxygens (including phenoxy) is 2. The van der Waals surface area contributed by atoms with Gasteiger partial charge in [0, 0.05) is 31.9 Å². The number of rotatable bonds is 7. The van der Waals surface area contributed by atoms with E-state index in [1.807, 2.05) is 18.2 Å². The SMILES string of the molecule is CCC(C)NC(=NCC(=O)N(C)C)Nc1ccc(OC)c(OC)c1. The van der Waals surface area contributed by atoms with Crippen LogP contribution < -0.4 is 20.1 Å². The minimum Gasteiger partial charge on any atom is -0.493 e. The van der Waals surface area contributed by atoms with Crippen LogP contribution >= 0.6 is 0 Å². The molecule has 0 aliphatic carbocycles. The molecule has 1 unspecified atom stereocenters. The summed E-state index contributed by atoms with van der Waals surface area (Å²) < 4.78 is 10.5. The summed E-state index contributed by atoms with van der Waals surface area (Å²) in [6.45, 7) is 4.21. The van der Waals surface area contributed by atoms with Gasteiger partial charge in [-0.1, -0.05) is 6.92 Å². The molecule has 0 spiro atoms. The Hall–Kier alpha value is -2.44. The van der Waals surface area contributed by atoms with Gasteiger partial charge in [0.15, 0.2) is 17.5 Å². The first-order chi connectivity index (χ1) is 11.4. The van der Waals surface area contributed by atoms with Crippen LogP contribution in [0.1, 0.15) is 20.3 Å². The maximum absolute atomic E-state index is 11.8. The zero-order valence-corrected chi connectivity index (χ0v) is 15.3. The molecule has 1 amide bonds. The molecule has 2 N–H and O–H groups in total. The summed E-state index contributed by atoms with van der Waals surface area (Å²) >= 11 is 0. The Labute approximate surface area is 144 Å². The van der Waals surface area contributed by atoms with E-state index in [1.165, 1.54) is 4.90 Å². The van der Waals surface area contributed by atoms with Crippen molar-refractivity contribution in [2.24, 2.45) is 4.99 Å². The average molecular weight is 336 g/mol. The first kappa shape index (κ1) is 19.6. The number of hydrogen-bond acceptors (Lipinski definition) is 4. The minimum absolute atomic E-state index is 0.0624. The highest BCUT2D eigenvalue weighted by Crippen LogP contribution is 2.29. The highest BCUT2D eigenvalue weighted by atomic mass is 16.5. The van der Waals surface area contributed by atoms with Crippen molar-refractivity contribution in [2.45, 2.75) is 26.3 Å². The number of likely N-dealkylation sites (N-methyl/N-ethyl adjacent to an activating group) is 1. The number of benzene rings is 1. The second kappa shape index (κ2) is 9.64. The monoisotopic (exact) mass is 336 g/mol. The van der Waals surface area contributed by atoms with Crippen molar-refractivity contribution in [1.82, 2.24) is 10.2 Å². The van der Waals surface area contributed by atoms with Crippen LogP contribution in [0, 0.1) is 0 Å². The molecule has 0 aliphatic heterocycles. The van der Waals surface area contributed by atoms with Crippen molar-refractivity contribution in [2.75, 3.05) is 40.2 Å². The van der Waals surface area contributed by atoms with E-state index in [4.69, 9.17) is 9.47 Å². The molecule has 0 aliphatic rings. The lowest BCUT2D eigenvalue weighted by Gasteiger charge is -2.18. The Morgan fingerprint density at radius 1 is 1.25 bits per heavy atom. The third kappa shape index (κ3) is 5.98. The Morgan fingerprint density at radius 2 is 1.92 bits per heavy atom. The first-order valence-electron chi connectivity index (χ1n) is 7.91. The summed E-state index contributed by atoms with van der Waals surface area (Å²) in [6.07, 6.45) is 0.939. The maximum Gasteiger partial charge on any atom is 0.243 e. The normalized spacial score (nSPS) is 12.3. The Bertz CT molecular complexity index is 573. The summed E-state index contributed by atoms with van der Waals surface area (Å²) in [6, 6.07) is 5.72. The topological polar surface area (TPSA) is 75.2 Å². The van der Waals surface area contributed by atoms with Crippen LogP contribution in [0.15, 0.2) is 23.2 Å². The van der Waals surface area contributed by atoms with E-state index in [9.17, 15) is 4.79 Å². The highest BCUT2D eigenvalue weighted by Gasteiger charge is 2.09. The smallest absolute Gasteiger partial charge is 0.243 e. The zero-order chi connectivity index (χ0) is 18.1. The van der Waals surface area contributed by atoms with E-state index < -0.39 is 0 Å². The van der Waals surface area contributed by atoms with Crippen molar-refractivity contribution >= 4 is 17.6 Å². The molecule has 24 heavy (non-hydrogen) atoms. The van der Waals surface area contributed by atoms with Crippen molar-refractivity contribution in [3.05, 3.63) is 18.2 Å². The molecule has 0 radical (unpaired) electrons. The molecule has 7 heteroatoms. The standard InChI is InChI=1S/C17H28N4O3/c1-7-12(2)19-17(18-11-16(22)21(3)4)20-13-8-9-14(23-5)15(10-13)24-6/h8-10,12H,7,11H2,1-6H3,(H2,18,19,20). The van der Waals surface area contributed by atoms with E-state index in [0.29, 0.717) is 17.5 Å². The lowest BCUT2D eigenvalue weighted by molar-refractivity contribution is -0.127. The second-order valence-corrected chi connectivity index (χ2v) is 5.60. The molecule has 0 fully saturated rings. The van der Waals surface area contributed by atoms with Crippen molar-refractivity contribution in [3.8, 4) is 11.5 Å². The molecule has 1 aromatic carbocycles. The molecule has 1 aromatic rings. The number of amides is 1. The number of aliphatic imine (C=N–C) groups is 1. The van der Waals surface area contributed by atoms with Gasteiger partial charge in [-0.2, -0.15) is 0 Å². The molecule has 0 bridgehead atoms. The van der Waals surface area contributed by atoms with E-state index in [2.05, 4.69) is 29.5 Å². The number of nitrogens with one attached hydrogen (secondary N) is 2. The largest absolute Gasteiger partial charge is 0.493 e. The second-order valence-electron chi connectivity index (χ2n) is 5.60. The number of methoxy groups -OCH3 is 2. The fraction of sp³-hybridized carbons (Fsp3) is 0.529. The van der Waals surface area contributed by atoms with E-state index in [-0.39, 0.29) is 18.5 Å². The van der Waals surface area contributed by atoms with Gasteiger partial charge >= 0.3 is 0 Å². The van der Waals surface area contributed by atoms with Gasteiger partial charge in [0.1, 0.15) is 6.54 Å². The van der Waals surface area contributed by atoms with Gasteiger partial charge in [-0.3, -0.25) is 4.79 Å². The summed E-state index contributed by atoms with van der Waals surface area (Å²) in [7, 11) is 6.60. The third-order valence-corrected chi connectivity index (χ3v) is 3.51. The third-order valence-electron chi connectivity index (χ3n) is 3.51. The molecular weight excluding hydrogens is 308 g/mol. The molecule has 0 aromatic heterocycles. The first-order valence-corrected chi connectivity index (χ1v) is 7.91. The molecular formula is C17H28N4O3. The molecule has 7 nitrogen and oxygen atoms in total. The Balaban J connectivity index is 2.95. The van der Waals surface area contributed by atoms with E-state index in [0.717, 1.165) is 12.1 Å². The highest BCUT2D eigenvalue weighted by molar-refractivity contribution is 5.95. The number of anilines is 1. The van der Waals surface area contributed by atoms with Gasteiger partial charge in [0.25, 0.3) is 0 Å². The van der Waals surface area contributed by atoms with Crippen molar-refractivity contribution < 1.29 is 14.3 Å². The van der Waals surface area contributed by atoms with Crippen LogP contribution in [0.2, 0.25) is 0 Å². The van der Waals surface area contributed by atoms with Gasteiger partial charge in [-0.05, 0) is 25.5 Å².